The molecule has 0 bridgehead atoms. The van der Waals surface area contributed by atoms with Crippen molar-refractivity contribution in [3.63, 3.8) is 0 Å². The van der Waals surface area contributed by atoms with Crippen LogP contribution in [0.15, 0.2) is 0 Å². The highest BCUT2D eigenvalue weighted by Gasteiger charge is 2.24. The fourth-order valence-electron chi connectivity index (χ4n) is 2.33. The molecule has 1 rings (SSSR count). The first-order chi connectivity index (χ1) is 8.26. The van der Waals surface area contributed by atoms with Gasteiger partial charge in [0.05, 0.1) is 18.8 Å². The maximum absolute atomic E-state index is 5.92. The largest absolute Gasteiger partial charge is 0.378 e. The van der Waals surface area contributed by atoms with Crippen LogP contribution in [0.1, 0.15) is 46.5 Å². The van der Waals surface area contributed by atoms with E-state index in [1.807, 2.05) is 0 Å². The van der Waals surface area contributed by atoms with Gasteiger partial charge in [0.25, 0.3) is 0 Å². The van der Waals surface area contributed by atoms with Crippen LogP contribution in [0, 0.1) is 5.92 Å². The maximum Gasteiger partial charge on any atom is 0.0813 e. The molecule has 1 N–H and O–H groups in total. The Balaban J connectivity index is 2.01. The number of likely N-dealkylation sites (N-methyl/N-ethyl adjacent to an activating group) is 1. The van der Waals surface area contributed by atoms with E-state index in [9.17, 15) is 0 Å². The van der Waals surface area contributed by atoms with Gasteiger partial charge in [-0.15, -0.1) is 0 Å². The van der Waals surface area contributed by atoms with E-state index in [2.05, 4.69) is 26.1 Å². The van der Waals surface area contributed by atoms with Crippen LogP contribution in [0.25, 0.3) is 0 Å². The lowest BCUT2D eigenvalue weighted by atomic mass is 10.1. The van der Waals surface area contributed by atoms with Crippen LogP contribution in [-0.4, -0.2) is 38.5 Å². The Labute approximate surface area is 106 Å². The lowest BCUT2D eigenvalue weighted by molar-refractivity contribution is -0.0212. The molecule has 3 nitrogen and oxygen atoms in total. The Kier molecular flexibility index (Phi) is 7.82. The van der Waals surface area contributed by atoms with Gasteiger partial charge in [-0.1, -0.05) is 27.2 Å². The van der Waals surface area contributed by atoms with E-state index >= 15 is 0 Å². The van der Waals surface area contributed by atoms with Gasteiger partial charge >= 0.3 is 0 Å². The summed E-state index contributed by atoms with van der Waals surface area (Å²) in [7, 11) is 0. The quantitative estimate of drug-likeness (QED) is 0.675. The fourth-order valence-corrected chi connectivity index (χ4v) is 2.33. The van der Waals surface area contributed by atoms with Gasteiger partial charge in [-0.2, -0.15) is 0 Å². The molecule has 1 heterocycles. The van der Waals surface area contributed by atoms with E-state index in [4.69, 9.17) is 9.47 Å². The first-order valence-corrected chi connectivity index (χ1v) is 7.20. The van der Waals surface area contributed by atoms with E-state index in [0.717, 1.165) is 32.7 Å². The molecule has 0 amide bonds. The first-order valence-electron chi connectivity index (χ1n) is 7.20. The molecule has 0 saturated carbocycles. The zero-order valence-corrected chi connectivity index (χ0v) is 11.7. The predicted octanol–water partition coefficient (Wildman–Crippen LogP) is 2.60. The average Bonchev–Trinajstić information content (AvgIpc) is 2.75. The summed E-state index contributed by atoms with van der Waals surface area (Å²) in [6.45, 7) is 10.3. The molecular formula is C14H29NO2. The van der Waals surface area contributed by atoms with Crippen LogP contribution in [0.5, 0.6) is 0 Å². The Morgan fingerprint density at radius 1 is 1.29 bits per heavy atom. The van der Waals surface area contributed by atoms with Gasteiger partial charge in [0, 0.05) is 13.2 Å². The summed E-state index contributed by atoms with van der Waals surface area (Å²) >= 11 is 0. The van der Waals surface area contributed by atoms with Gasteiger partial charge in [-0.3, -0.25) is 0 Å². The Morgan fingerprint density at radius 2 is 2.06 bits per heavy atom. The third-order valence-corrected chi connectivity index (χ3v) is 3.31. The van der Waals surface area contributed by atoms with Crippen LogP contribution >= 0.6 is 0 Å². The summed E-state index contributed by atoms with van der Waals surface area (Å²) < 4.78 is 11.7. The molecule has 1 aliphatic heterocycles. The topological polar surface area (TPSA) is 30.5 Å². The van der Waals surface area contributed by atoms with Gasteiger partial charge in [0.2, 0.25) is 0 Å². The third kappa shape index (κ3) is 6.39. The summed E-state index contributed by atoms with van der Waals surface area (Å²) in [5.41, 5.74) is 0. The normalized spacial score (nSPS) is 26.3. The summed E-state index contributed by atoms with van der Waals surface area (Å²) in [5, 5.41) is 3.34. The van der Waals surface area contributed by atoms with E-state index in [1.54, 1.807) is 0 Å². The second kappa shape index (κ2) is 8.90. The smallest absolute Gasteiger partial charge is 0.0813 e. The number of rotatable bonds is 9. The van der Waals surface area contributed by atoms with Crippen molar-refractivity contribution >= 4 is 0 Å². The highest BCUT2D eigenvalue weighted by Crippen LogP contribution is 2.19. The van der Waals surface area contributed by atoms with Gasteiger partial charge in [-0.25, -0.2) is 0 Å². The van der Waals surface area contributed by atoms with Gasteiger partial charge in [0.15, 0.2) is 0 Å². The summed E-state index contributed by atoms with van der Waals surface area (Å²) in [5.74, 6) is 0.680. The molecule has 1 aliphatic rings. The van der Waals surface area contributed by atoms with Crippen molar-refractivity contribution in [3.05, 3.63) is 0 Å². The summed E-state index contributed by atoms with van der Waals surface area (Å²) in [6, 6.07) is 0. The molecule has 0 radical (unpaired) electrons. The Morgan fingerprint density at radius 3 is 2.76 bits per heavy atom. The highest BCUT2D eigenvalue weighted by atomic mass is 16.5. The number of ether oxygens (including phenoxy) is 2. The molecule has 0 aromatic rings. The maximum atomic E-state index is 5.92. The fraction of sp³-hybridized carbons (Fsp3) is 1.00. The molecule has 0 spiro atoms. The number of nitrogens with one attached hydrogen (secondary N) is 1. The lowest BCUT2D eigenvalue weighted by Gasteiger charge is -2.16. The van der Waals surface area contributed by atoms with Crippen molar-refractivity contribution in [2.75, 3.05) is 26.3 Å². The van der Waals surface area contributed by atoms with Crippen molar-refractivity contribution in [2.24, 2.45) is 5.92 Å². The number of hydrogen-bond acceptors (Lipinski definition) is 3. The zero-order valence-electron chi connectivity index (χ0n) is 11.7. The molecule has 17 heavy (non-hydrogen) atoms. The Hall–Kier alpha value is -0.120. The van der Waals surface area contributed by atoms with Crippen molar-refractivity contribution < 1.29 is 9.47 Å². The standard InChI is InChI=1S/C14H29NO2/c1-4-6-12(3)10-16-11-14-8-7-13(17-14)9-15-5-2/h12-15H,4-11H2,1-3H3. The minimum Gasteiger partial charge on any atom is -0.378 e. The van der Waals surface area contributed by atoms with Crippen LogP contribution < -0.4 is 5.32 Å². The van der Waals surface area contributed by atoms with Crippen LogP contribution in [0.3, 0.4) is 0 Å². The van der Waals surface area contributed by atoms with Crippen LogP contribution in [0.2, 0.25) is 0 Å². The van der Waals surface area contributed by atoms with Crippen molar-refractivity contribution in [2.45, 2.75) is 58.7 Å². The van der Waals surface area contributed by atoms with Crippen molar-refractivity contribution in [1.29, 1.82) is 0 Å². The third-order valence-electron chi connectivity index (χ3n) is 3.31. The van der Waals surface area contributed by atoms with E-state index in [0.29, 0.717) is 18.1 Å². The second-order valence-corrected chi connectivity index (χ2v) is 5.20. The predicted molar refractivity (Wildman–Crippen MR) is 71.3 cm³/mol. The first kappa shape index (κ1) is 14.9. The molecule has 3 heteroatoms. The highest BCUT2D eigenvalue weighted by molar-refractivity contribution is 4.75. The van der Waals surface area contributed by atoms with Gasteiger partial charge in [0.1, 0.15) is 0 Å². The molecule has 0 aromatic carbocycles. The summed E-state index contributed by atoms with van der Waals surface area (Å²) in [4.78, 5) is 0. The van der Waals surface area contributed by atoms with Crippen molar-refractivity contribution in [3.8, 4) is 0 Å². The molecule has 1 saturated heterocycles. The molecule has 0 aromatic heterocycles. The van der Waals surface area contributed by atoms with E-state index in [-0.39, 0.29) is 0 Å². The minimum absolute atomic E-state index is 0.326. The van der Waals surface area contributed by atoms with Crippen molar-refractivity contribution in [1.82, 2.24) is 5.32 Å². The molecule has 1 fully saturated rings. The van der Waals surface area contributed by atoms with Crippen LogP contribution in [-0.2, 0) is 9.47 Å². The number of hydrogen-bond donors (Lipinski definition) is 1. The SMILES string of the molecule is CCCC(C)COCC1CCC(CNCC)O1. The average molecular weight is 243 g/mol. The zero-order chi connectivity index (χ0) is 12.5. The molecule has 0 aliphatic carbocycles. The molecule has 3 unspecified atom stereocenters. The monoisotopic (exact) mass is 243 g/mol. The summed E-state index contributed by atoms with van der Waals surface area (Å²) in [6.07, 6.45) is 5.55. The molecule has 102 valence electrons. The van der Waals surface area contributed by atoms with Crippen LogP contribution in [0.4, 0.5) is 0 Å². The molecule has 3 atom stereocenters. The second-order valence-electron chi connectivity index (χ2n) is 5.20. The minimum atomic E-state index is 0.326. The lowest BCUT2D eigenvalue weighted by Crippen LogP contribution is -2.28. The molecular weight excluding hydrogens is 214 g/mol. The van der Waals surface area contributed by atoms with E-state index < -0.39 is 0 Å². The van der Waals surface area contributed by atoms with Gasteiger partial charge in [-0.05, 0) is 31.7 Å². The Bertz CT molecular complexity index is 187. The van der Waals surface area contributed by atoms with E-state index in [1.165, 1.54) is 19.3 Å². The van der Waals surface area contributed by atoms with Gasteiger partial charge < -0.3 is 14.8 Å².